The molecule has 1 aliphatic rings. The van der Waals surface area contributed by atoms with Crippen LogP contribution in [-0.2, 0) is 9.59 Å². The van der Waals surface area contributed by atoms with Crippen molar-refractivity contribution in [1.82, 2.24) is 14.8 Å². The molecule has 1 aromatic carbocycles. The van der Waals surface area contributed by atoms with Crippen LogP contribution in [0.4, 0.5) is 0 Å². The van der Waals surface area contributed by atoms with Crippen molar-refractivity contribution in [3.63, 3.8) is 0 Å². The van der Waals surface area contributed by atoms with Gasteiger partial charge in [-0.15, -0.1) is 0 Å². The van der Waals surface area contributed by atoms with Crippen molar-refractivity contribution in [2.75, 3.05) is 19.6 Å². The summed E-state index contributed by atoms with van der Waals surface area (Å²) in [7, 11) is 0. The van der Waals surface area contributed by atoms with E-state index in [9.17, 15) is 14.4 Å². The molecule has 0 spiro atoms. The Hall–Kier alpha value is -2.96. The number of rotatable bonds is 4. The van der Waals surface area contributed by atoms with Crippen LogP contribution in [-0.4, -0.2) is 63.4 Å². The lowest BCUT2D eigenvalue weighted by Crippen LogP contribution is -2.43. The zero-order valence-corrected chi connectivity index (χ0v) is 16.2. The van der Waals surface area contributed by atoms with E-state index in [0.717, 1.165) is 23.0 Å². The number of nitrogens with zero attached hydrogens (tertiary/aromatic N) is 3. The molecule has 1 unspecified atom stereocenters. The number of pyridine rings is 1. The smallest absolute Gasteiger partial charge is 0.323 e. The summed E-state index contributed by atoms with van der Waals surface area (Å²) in [5.74, 6) is -1.31. The fourth-order valence-electron chi connectivity index (χ4n) is 3.78. The van der Waals surface area contributed by atoms with E-state index in [1.165, 1.54) is 11.8 Å². The van der Waals surface area contributed by atoms with Crippen molar-refractivity contribution in [3.05, 3.63) is 41.6 Å². The first kappa shape index (κ1) is 19.8. The topological polar surface area (TPSA) is 90.8 Å². The highest BCUT2D eigenvalue weighted by molar-refractivity contribution is 5.98. The molecule has 0 saturated carbocycles. The molecule has 1 saturated heterocycles. The summed E-state index contributed by atoms with van der Waals surface area (Å²) in [6, 6.07) is 9.25. The molecule has 2 amide bonds. The molecular formula is C21H25N3O4. The SMILES string of the molecule is CC(=O)N(CC(=O)O)C1CCCN(C(=O)c2ccc3nc(C)ccc3c2)CC1. The maximum Gasteiger partial charge on any atom is 0.323 e. The molecule has 3 rings (SSSR count). The summed E-state index contributed by atoms with van der Waals surface area (Å²) in [6.07, 6.45) is 2.00. The number of hydrogen-bond donors (Lipinski definition) is 1. The van der Waals surface area contributed by atoms with E-state index >= 15 is 0 Å². The Morgan fingerprint density at radius 2 is 1.96 bits per heavy atom. The van der Waals surface area contributed by atoms with Crippen molar-refractivity contribution in [3.8, 4) is 0 Å². The number of amides is 2. The molecule has 0 aliphatic carbocycles. The van der Waals surface area contributed by atoms with Crippen molar-refractivity contribution < 1.29 is 19.5 Å². The lowest BCUT2D eigenvalue weighted by molar-refractivity contribution is -0.145. The third kappa shape index (κ3) is 4.47. The van der Waals surface area contributed by atoms with E-state index in [1.54, 1.807) is 11.0 Å². The fourth-order valence-corrected chi connectivity index (χ4v) is 3.78. The predicted molar refractivity (Wildman–Crippen MR) is 105 cm³/mol. The first-order valence-electron chi connectivity index (χ1n) is 9.51. The van der Waals surface area contributed by atoms with E-state index in [1.807, 2.05) is 31.2 Å². The van der Waals surface area contributed by atoms with Crippen LogP contribution in [0.25, 0.3) is 10.9 Å². The molecule has 1 atom stereocenters. The standard InChI is InChI=1S/C21H25N3O4/c1-14-5-6-16-12-17(7-8-19(16)22-14)21(28)23-10-3-4-18(9-11-23)24(15(2)25)13-20(26)27/h5-8,12,18H,3-4,9-11,13H2,1-2H3,(H,26,27). The molecule has 1 fully saturated rings. The summed E-state index contributed by atoms with van der Waals surface area (Å²) in [5, 5.41) is 9.99. The number of fused-ring (bicyclic) bond motifs is 1. The van der Waals surface area contributed by atoms with Crippen LogP contribution in [0.3, 0.4) is 0 Å². The van der Waals surface area contributed by atoms with Gasteiger partial charge in [0.1, 0.15) is 6.54 Å². The third-order valence-corrected chi connectivity index (χ3v) is 5.21. The zero-order chi connectivity index (χ0) is 20.3. The minimum Gasteiger partial charge on any atom is -0.480 e. The predicted octanol–water partition coefficient (Wildman–Crippen LogP) is 2.47. The van der Waals surface area contributed by atoms with Gasteiger partial charge in [-0.1, -0.05) is 6.07 Å². The Morgan fingerprint density at radius 1 is 1.18 bits per heavy atom. The number of aromatic nitrogens is 1. The molecule has 2 heterocycles. The summed E-state index contributed by atoms with van der Waals surface area (Å²) >= 11 is 0. The van der Waals surface area contributed by atoms with Gasteiger partial charge in [0.15, 0.2) is 0 Å². The van der Waals surface area contributed by atoms with Gasteiger partial charge in [-0.05, 0) is 50.5 Å². The van der Waals surface area contributed by atoms with Gasteiger partial charge in [-0.3, -0.25) is 19.4 Å². The molecule has 0 bridgehead atoms. The number of benzene rings is 1. The van der Waals surface area contributed by atoms with E-state index in [4.69, 9.17) is 5.11 Å². The second-order valence-corrected chi connectivity index (χ2v) is 7.28. The molecule has 0 radical (unpaired) electrons. The van der Waals surface area contributed by atoms with Crippen LogP contribution in [0.2, 0.25) is 0 Å². The molecule has 148 valence electrons. The van der Waals surface area contributed by atoms with Gasteiger partial charge in [-0.25, -0.2) is 0 Å². The van der Waals surface area contributed by atoms with Gasteiger partial charge < -0.3 is 14.9 Å². The molecule has 1 N–H and O–H groups in total. The molecular weight excluding hydrogens is 358 g/mol. The molecule has 7 nitrogen and oxygen atoms in total. The maximum absolute atomic E-state index is 13.0. The van der Waals surface area contributed by atoms with Crippen LogP contribution in [0.15, 0.2) is 30.3 Å². The Kier molecular flexibility index (Phi) is 5.92. The summed E-state index contributed by atoms with van der Waals surface area (Å²) < 4.78 is 0. The Morgan fingerprint density at radius 3 is 2.68 bits per heavy atom. The highest BCUT2D eigenvalue weighted by Gasteiger charge is 2.28. The molecule has 2 aromatic rings. The number of carboxylic acid groups (broad SMARTS) is 1. The summed E-state index contributed by atoms with van der Waals surface area (Å²) in [4.78, 5) is 43.6. The lowest BCUT2D eigenvalue weighted by Gasteiger charge is -2.28. The highest BCUT2D eigenvalue weighted by Crippen LogP contribution is 2.21. The lowest BCUT2D eigenvalue weighted by atomic mass is 10.1. The Labute approximate surface area is 164 Å². The van der Waals surface area contributed by atoms with Crippen molar-refractivity contribution >= 4 is 28.7 Å². The Balaban J connectivity index is 1.72. The van der Waals surface area contributed by atoms with Crippen LogP contribution in [0.5, 0.6) is 0 Å². The van der Waals surface area contributed by atoms with Crippen LogP contribution < -0.4 is 0 Å². The number of carbonyl (C=O) groups is 3. The second-order valence-electron chi connectivity index (χ2n) is 7.28. The van der Waals surface area contributed by atoms with Crippen molar-refractivity contribution in [2.24, 2.45) is 0 Å². The summed E-state index contributed by atoms with van der Waals surface area (Å²) in [5.41, 5.74) is 2.41. The van der Waals surface area contributed by atoms with Gasteiger partial charge in [0, 0.05) is 42.7 Å². The number of carbonyl (C=O) groups excluding carboxylic acids is 2. The molecule has 7 heteroatoms. The molecule has 1 aromatic heterocycles. The van der Waals surface area contributed by atoms with Gasteiger partial charge in [0.2, 0.25) is 5.91 Å². The van der Waals surface area contributed by atoms with Crippen LogP contribution >= 0.6 is 0 Å². The molecule has 28 heavy (non-hydrogen) atoms. The summed E-state index contributed by atoms with van der Waals surface area (Å²) in [6.45, 7) is 4.11. The van der Waals surface area contributed by atoms with Crippen LogP contribution in [0.1, 0.15) is 42.2 Å². The van der Waals surface area contributed by atoms with E-state index < -0.39 is 5.97 Å². The Bertz CT molecular complexity index is 912. The van der Waals surface area contributed by atoms with E-state index in [0.29, 0.717) is 31.5 Å². The average molecular weight is 383 g/mol. The zero-order valence-electron chi connectivity index (χ0n) is 16.2. The molecule has 1 aliphatic heterocycles. The van der Waals surface area contributed by atoms with Crippen molar-refractivity contribution in [1.29, 1.82) is 0 Å². The monoisotopic (exact) mass is 383 g/mol. The minimum absolute atomic E-state index is 0.0456. The number of aliphatic carboxylic acids is 1. The highest BCUT2D eigenvalue weighted by atomic mass is 16.4. The van der Waals surface area contributed by atoms with Gasteiger partial charge in [0.25, 0.3) is 5.91 Å². The first-order valence-corrected chi connectivity index (χ1v) is 9.51. The number of likely N-dealkylation sites (tertiary alicyclic amines) is 1. The first-order chi connectivity index (χ1) is 13.3. The number of carboxylic acids is 1. The quantitative estimate of drug-likeness (QED) is 0.876. The maximum atomic E-state index is 13.0. The van der Waals surface area contributed by atoms with E-state index in [2.05, 4.69) is 4.98 Å². The largest absolute Gasteiger partial charge is 0.480 e. The average Bonchev–Trinajstić information content (AvgIpc) is 2.90. The van der Waals surface area contributed by atoms with Crippen LogP contribution in [0, 0.1) is 6.92 Å². The second kappa shape index (κ2) is 8.37. The van der Waals surface area contributed by atoms with Crippen molar-refractivity contribution in [2.45, 2.75) is 39.2 Å². The van der Waals surface area contributed by atoms with Gasteiger partial charge >= 0.3 is 5.97 Å². The van der Waals surface area contributed by atoms with Gasteiger partial charge in [-0.2, -0.15) is 0 Å². The number of hydrogen-bond acceptors (Lipinski definition) is 4. The minimum atomic E-state index is -1.02. The van der Waals surface area contributed by atoms with Gasteiger partial charge in [0.05, 0.1) is 5.52 Å². The third-order valence-electron chi connectivity index (χ3n) is 5.21. The fraction of sp³-hybridized carbons (Fsp3) is 0.429. The normalized spacial score (nSPS) is 17.2. The number of aryl methyl sites for hydroxylation is 1. The van der Waals surface area contributed by atoms with E-state index in [-0.39, 0.29) is 24.4 Å².